The van der Waals surface area contributed by atoms with Crippen LogP contribution in [0.1, 0.15) is 32.0 Å². The molecule has 0 amide bonds. The molecule has 4 heteroatoms. The van der Waals surface area contributed by atoms with E-state index in [0.717, 1.165) is 15.6 Å². The average Bonchev–Trinajstić information content (AvgIpc) is 2.44. The molecule has 0 unspecified atom stereocenters. The van der Waals surface area contributed by atoms with Crippen molar-refractivity contribution in [3.05, 3.63) is 63.4 Å². The molecule has 1 aromatic heterocycles. The van der Waals surface area contributed by atoms with Gasteiger partial charge in [-0.15, -0.1) is 0 Å². The highest BCUT2D eigenvalue weighted by Gasteiger charge is 2.11. The Bertz CT molecular complexity index is 621. The third-order valence-electron chi connectivity index (χ3n) is 2.94. The van der Waals surface area contributed by atoms with Crippen molar-refractivity contribution in [1.82, 2.24) is 4.98 Å². The molecule has 0 aliphatic carbocycles. The average molecular weight is 318 g/mol. The summed E-state index contributed by atoms with van der Waals surface area (Å²) in [4.78, 5) is 26.6. The molecule has 0 aliphatic heterocycles. The van der Waals surface area contributed by atoms with Crippen LogP contribution in [-0.4, -0.2) is 17.1 Å². The fourth-order valence-corrected chi connectivity index (χ4v) is 2.15. The summed E-state index contributed by atoms with van der Waals surface area (Å²) in [5, 5.41) is 0. The van der Waals surface area contributed by atoms with Crippen LogP contribution in [0.15, 0.2) is 41.0 Å². The van der Waals surface area contributed by atoms with Gasteiger partial charge in [-0.2, -0.15) is 0 Å². The standard InChI is InChI=1S/C15H12BrNO2/c1-10-12(3-2-4-13(10)16)7-15(19)14-6-5-11(9-18)8-17-14/h2-6,8-9H,7H2,1H3. The summed E-state index contributed by atoms with van der Waals surface area (Å²) < 4.78 is 0.988. The molecule has 1 aromatic carbocycles. The van der Waals surface area contributed by atoms with Crippen molar-refractivity contribution < 1.29 is 9.59 Å². The van der Waals surface area contributed by atoms with Crippen LogP contribution in [0.25, 0.3) is 0 Å². The molecule has 3 nitrogen and oxygen atoms in total. The van der Waals surface area contributed by atoms with E-state index in [-0.39, 0.29) is 5.78 Å². The molecule has 0 radical (unpaired) electrons. The van der Waals surface area contributed by atoms with Crippen molar-refractivity contribution in [2.75, 3.05) is 0 Å². The highest BCUT2D eigenvalue weighted by molar-refractivity contribution is 9.10. The molecule has 0 aliphatic rings. The first kappa shape index (κ1) is 13.6. The van der Waals surface area contributed by atoms with Crippen LogP contribution in [0.3, 0.4) is 0 Å². The Labute approximate surface area is 119 Å². The molecule has 0 fully saturated rings. The molecule has 96 valence electrons. The van der Waals surface area contributed by atoms with E-state index in [1.807, 2.05) is 25.1 Å². The zero-order valence-electron chi connectivity index (χ0n) is 10.4. The number of pyridine rings is 1. The third-order valence-corrected chi connectivity index (χ3v) is 3.80. The van der Waals surface area contributed by atoms with Crippen molar-refractivity contribution >= 4 is 28.0 Å². The van der Waals surface area contributed by atoms with Crippen LogP contribution in [0, 0.1) is 6.92 Å². The number of halogens is 1. The van der Waals surface area contributed by atoms with E-state index in [9.17, 15) is 9.59 Å². The summed E-state index contributed by atoms with van der Waals surface area (Å²) in [6, 6.07) is 8.96. The second-order valence-electron chi connectivity index (χ2n) is 4.22. The van der Waals surface area contributed by atoms with Gasteiger partial charge in [0.25, 0.3) is 0 Å². The van der Waals surface area contributed by atoms with Gasteiger partial charge in [0, 0.05) is 22.7 Å². The molecule has 0 N–H and O–H groups in total. The number of nitrogens with zero attached hydrogens (tertiary/aromatic N) is 1. The van der Waals surface area contributed by atoms with Crippen molar-refractivity contribution in [3.8, 4) is 0 Å². The van der Waals surface area contributed by atoms with Crippen LogP contribution in [0.5, 0.6) is 0 Å². The van der Waals surface area contributed by atoms with Gasteiger partial charge in [0.15, 0.2) is 12.1 Å². The first-order chi connectivity index (χ1) is 9.11. The van der Waals surface area contributed by atoms with Gasteiger partial charge in [-0.05, 0) is 36.2 Å². The lowest BCUT2D eigenvalue weighted by Gasteiger charge is -2.06. The van der Waals surface area contributed by atoms with E-state index in [4.69, 9.17) is 0 Å². The molecule has 0 atom stereocenters. The van der Waals surface area contributed by atoms with Crippen molar-refractivity contribution in [2.45, 2.75) is 13.3 Å². The third kappa shape index (κ3) is 3.15. The monoisotopic (exact) mass is 317 g/mol. The minimum absolute atomic E-state index is 0.0568. The Hall–Kier alpha value is -1.81. The summed E-state index contributed by atoms with van der Waals surface area (Å²) in [5.41, 5.74) is 2.88. The number of Topliss-reactive ketones (excluding diaryl/α,β-unsaturated/α-hetero) is 1. The van der Waals surface area contributed by atoms with Gasteiger partial charge in [0.2, 0.25) is 0 Å². The van der Waals surface area contributed by atoms with Gasteiger partial charge >= 0.3 is 0 Å². The van der Waals surface area contributed by atoms with E-state index in [1.165, 1.54) is 6.20 Å². The van der Waals surface area contributed by atoms with Crippen LogP contribution in [-0.2, 0) is 6.42 Å². The summed E-state index contributed by atoms with van der Waals surface area (Å²) >= 11 is 3.45. The first-order valence-corrected chi connectivity index (χ1v) is 6.59. The maximum absolute atomic E-state index is 12.1. The molecule has 2 aromatic rings. The predicted octanol–water partition coefficient (Wildman–Crippen LogP) is 3.39. The Morgan fingerprint density at radius 3 is 2.74 bits per heavy atom. The number of ketones is 1. The number of carbonyl (C=O) groups excluding carboxylic acids is 2. The molecule has 19 heavy (non-hydrogen) atoms. The fraction of sp³-hybridized carbons (Fsp3) is 0.133. The van der Waals surface area contributed by atoms with E-state index in [1.54, 1.807) is 12.1 Å². The molecule has 0 saturated heterocycles. The molecular weight excluding hydrogens is 306 g/mol. The Balaban J connectivity index is 2.20. The first-order valence-electron chi connectivity index (χ1n) is 5.80. The highest BCUT2D eigenvalue weighted by atomic mass is 79.9. The number of hydrogen-bond acceptors (Lipinski definition) is 3. The van der Waals surface area contributed by atoms with Gasteiger partial charge in [-0.25, -0.2) is 0 Å². The van der Waals surface area contributed by atoms with E-state index < -0.39 is 0 Å². The van der Waals surface area contributed by atoms with Gasteiger partial charge in [0.1, 0.15) is 5.69 Å². The normalized spacial score (nSPS) is 10.2. The minimum Gasteiger partial charge on any atom is -0.298 e. The number of hydrogen-bond donors (Lipinski definition) is 0. The zero-order valence-corrected chi connectivity index (χ0v) is 12.0. The Kier molecular flexibility index (Phi) is 4.22. The fourth-order valence-electron chi connectivity index (χ4n) is 1.75. The summed E-state index contributed by atoms with van der Waals surface area (Å²) in [6.45, 7) is 1.97. The Morgan fingerprint density at radius 2 is 2.11 bits per heavy atom. The van der Waals surface area contributed by atoms with E-state index >= 15 is 0 Å². The second kappa shape index (κ2) is 5.89. The SMILES string of the molecule is Cc1c(Br)cccc1CC(=O)c1ccc(C=O)cn1. The molecule has 0 spiro atoms. The second-order valence-corrected chi connectivity index (χ2v) is 5.07. The zero-order chi connectivity index (χ0) is 13.8. The number of benzene rings is 1. The molecular formula is C15H12BrNO2. The summed E-state index contributed by atoms with van der Waals surface area (Å²) in [6.07, 6.45) is 2.42. The predicted molar refractivity (Wildman–Crippen MR) is 76.5 cm³/mol. The molecule has 2 rings (SSSR count). The molecule has 0 saturated carbocycles. The molecule has 1 heterocycles. The number of rotatable bonds is 4. The topological polar surface area (TPSA) is 47.0 Å². The Morgan fingerprint density at radius 1 is 1.32 bits per heavy atom. The van der Waals surface area contributed by atoms with Crippen molar-refractivity contribution in [1.29, 1.82) is 0 Å². The van der Waals surface area contributed by atoms with Crippen LogP contribution >= 0.6 is 15.9 Å². The van der Waals surface area contributed by atoms with Crippen molar-refractivity contribution in [3.63, 3.8) is 0 Å². The van der Waals surface area contributed by atoms with Gasteiger partial charge < -0.3 is 0 Å². The quantitative estimate of drug-likeness (QED) is 0.641. The van der Waals surface area contributed by atoms with Crippen molar-refractivity contribution in [2.24, 2.45) is 0 Å². The largest absolute Gasteiger partial charge is 0.298 e. The number of carbonyl (C=O) groups is 2. The van der Waals surface area contributed by atoms with E-state index in [0.29, 0.717) is 24.0 Å². The summed E-state index contributed by atoms with van der Waals surface area (Å²) in [7, 11) is 0. The van der Waals surface area contributed by atoms with Crippen LogP contribution in [0.2, 0.25) is 0 Å². The maximum Gasteiger partial charge on any atom is 0.185 e. The van der Waals surface area contributed by atoms with Gasteiger partial charge in [-0.1, -0.05) is 28.1 Å². The highest BCUT2D eigenvalue weighted by Crippen LogP contribution is 2.20. The van der Waals surface area contributed by atoms with Gasteiger partial charge in [-0.3, -0.25) is 14.6 Å². The minimum atomic E-state index is -0.0568. The van der Waals surface area contributed by atoms with E-state index in [2.05, 4.69) is 20.9 Å². The lowest BCUT2D eigenvalue weighted by Crippen LogP contribution is -2.07. The lowest BCUT2D eigenvalue weighted by atomic mass is 10.0. The summed E-state index contributed by atoms with van der Waals surface area (Å²) in [5.74, 6) is -0.0568. The number of aromatic nitrogens is 1. The number of aldehydes is 1. The molecule has 0 bridgehead atoms. The maximum atomic E-state index is 12.1. The lowest BCUT2D eigenvalue weighted by molar-refractivity contribution is 0.0987. The van der Waals surface area contributed by atoms with Crippen LogP contribution in [0.4, 0.5) is 0 Å². The van der Waals surface area contributed by atoms with Gasteiger partial charge in [0.05, 0.1) is 0 Å². The smallest absolute Gasteiger partial charge is 0.185 e. The van der Waals surface area contributed by atoms with Crippen LogP contribution < -0.4 is 0 Å².